The maximum Gasteiger partial charge on any atom is 0.163 e. The second kappa shape index (κ2) is 7.45. The molecule has 0 spiro atoms. The molecule has 0 fully saturated rings. The number of halogens is 2. The molecule has 6 heteroatoms. The van der Waals surface area contributed by atoms with Gasteiger partial charge in [0, 0.05) is 24.2 Å². The predicted octanol–water partition coefficient (Wildman–Crippen LogP) is 5.36. The van der Waals surface area contributed by atoms with Gasteiger partial charge >= 0.3 is 0 Å². The molecule has 0 aliphatic rings. The summed E-state index contributed by atoms with van der Waals surface area (Å²) in [5.41, 5.74) is 2.71. The van der Waals surface area contributed by atoms with Crippen LogP contribution in [0.4, 0.5) is 10.2 Å². The summed E-state index contributed by atoms with van der Waals surface area (Å²) in [6, 6.07) is 9.98. The molecule has 26 heavy (non-hydrogen) atoms. The van der Waals surface area contributed by atoms with Gasteiger partial charge in [0.25, 0.3) is 0 Å². The Morgan fingerprint density at radius 1 is 1.23 bits per heavy atom. The summed E-state index contributed by atoms with van der Waals surface area (Å²) in [6.45, 7) is 7.20. The van der Waals surface area contributed by atoms with E-state index in [9.17, 15) is 4.39 Å². The highest BCUT2D eigenvalue weighted by Crippen LogP contribution is 2.34. The number of hydrogen-bond donors (Lipinski definition) is 1. The van der Waals surface area contributed by atoms with Gasteiger partial charge in [-0.3, -0.25) is 4.99 Å². The first-order valence-electron chi connectivity index (χ1n) is 7.81. The lowest BCUT2D eigenvalue weighted by atomic mass is 10.0. The zero-order chi connectivity index (χ0) is 18.7. The van der Waals surface area contributed by atoms with Gasteiger partial charge in [-0.1, -0.05) is 36.4 Å². The molecule has 0 aliphatic carbocycles. The van der Waals surface area contributed by atoms with Crippen LogP contribution >= 0.6 is 11.6 Å². The molecule has 130 valence electrons. The molecule has 1 heterocycles. The minimum Gasteiger partial charge on any atom is -0.373 e. The van der Waals surface area contributed by atoms with Gasteiger partial charge in [-0.25, -0.2) is 14.4 Å². The van der Waals surface area contributed by atoms with Crippen LogP contribution in [0.1, 0.15) is 5.82 Å². The van der Waals surface area contributed by atoms with Crippen LogP contribution in [0.3, 0.4) is 0 Å². The summed E-state index contributed by atoms with van der Waals surface area (Å²) in [7, 11) is 1.76. The van der Waals surface area contributed by atoms with Gasteiger partial charge in [0.2, 0.25) is 0 Å². The van der Waals surface area contributed by atoms with Crippen molar-refractivity contribution < 1.29 is 4.39 Å². The van der Waals surface area contributed by atoms with E-state index in [1.807, 2.05) is 12.1 Å². The molecule has 1 N–H and O–H groups in total. The zero-order valence-electron chi connectivity index (χ0n) is 14.1. The van der Waals surface area contributed by atoms with Crippen molar-refractivity contribution in [3.63, 3.8) is 0 Å². The van der Waals surface area contributed by atoms with Crippen molar-refractivity contribution in [3.8, 4) is 11.1 Å². The topological polar surface area (TPSA) is 50.2 Å². The predicted molar refractivity (Wildman–Crippen MR) is 107 cm³/mol. The smallest absolute Gasteiger partial charge is 0.163 e. The molecule has 4 nitrogen and oxygen atoms in total. The van der Waals surface area contributed by atoms with Gasteiger partial charge in [-0.2, -0.15) is 0 Å². The highest BCUT2D eigenvalue weighted by molar-refractivity contribution is 6.35. The van der Waals surface area contributed by atoms with Crippen LogP contribution in [0.15, 0.2) is 60.2 Å². The van der Waals surface area contributed by atoms with Gasteiger partial charge in [0.1, 0.15) is 11.6 Å². The van der Waals surface area contributed by atoms with Gasteiger partial charge in [-0.15, -0.1) is 0 Å². The van der Waals surface area contributed by atoms with Crippen molar-refractivity contribution >= 4 is 40.6 Å². The fourth-order valence-electron chi connectivity index (χ4n) is 2.64. The van der Waals surface area contributed by atoms with Crippen LogP contribution in [0.25, 0.3) is 27.6 Å². The third-order valence-corrected chi connectivity index (χ3v) is 4.15. The largest absolute Gasteiger partial charge is 0.373 e. The number of hydrogen-bond acceptors (Lipinski definition) is 4. The van der Waals surface area contributed by atoms with E-state index in [0.29, 0.717) is 27.8 Å². The summed E-state index contributed by atoms with van der Waals surface area (Å²) in [5.74, 6) is 0.725. The average Bonchev–Trinajstić information content (AvgIpc) is 2.65. The Kier molecular flexibility index (Phi) is 5.09. The van der Waals surface area contributed by atoms with Crippen molar-refractivity contribution in [1.29, 1.82) is 0 Å². The van der Waals surface area contributed by atoms with E-state index in [2.05, 4.69) is 33.6 Å². The number of rotatable bonds is 5. The van der Waals surface area contributed by atoms with Crippen molar-refractivity contribution in [2.24, 2.45) is 4.99 Å². The Morgan fingerprint density at radius 3 is 2.69 bits per heavy atom. The van der Waals surface area contributed by atoms with Gasteiger partial charge in [0.15, 0.2) is 5.82 Å². The van der Waals surface area contributed by atoms with E-state index < -0.39 is 0 Å². The normalized spacial score (nSPS) is 11.4. The van der Waals surface area contributed by atoms with E-state index in [1.54, 1.807) is 25.3 Å². The summed E-state index contributed by atoms with van der Waals surface area (Å²) in [6.07, 6.45) is 3.13. The number of aromatic nitrogens is 2. The van der Waals surface area contributed by atoms with Crippen LogP contribution in [0.5, 0.6) is 0 Å². The summed E-state index contributed by atoms with van der Waals surface area (Å²) in [5, 5.41) is 4.23. The highest BCUT2D eigenvalue weighted by atomic mass is 35.5. The number of nitrogens with one attached hydrogen (secondary N) is 1. The fourth-order valence-corrected chi connectivity index (χ4v) is 2.91. The van der Waals surface area contributed by atoms with Crippen molar-refractivity contribution in [1.82, 2.24) is 9.97 Å². The first-order chi connectivity index (χ1) is 12.6. The number of benzene rings is 2. The highest BCUT2D eigenvalue weighted by Gasteiger charge is 2.14. The van der Waals surface area contributed by atoms with Gasteiger partial charge in [-0.05, 0) is 42.1 Å². The summed E-state index contributed by atoms with van der Waals surface area (Å²) < 4.78 is 13.6. The molecule has 0 aliphatic heterocycles. The van der Waals surface area contributed by atoms with Crippen LogP contribution in [0.2, 0.25) is 5.02 Å². The molecule has 0 unspecified atom stereocenters. The average molecular weight is 367 g/mol. The molecule has 0 bridgehead atoms. The Labute approximate surface area is 155 Å². The first kappa shape index (κ1) is 17.8. The lowest BCUT2D eigenvalue weighted by molar-refractivity contribution is 0.628. The van der Waals surface area contributed by atoms with Crippen LogP contribution in [-0.4, -0.2) is 23.7 Å². The molecule has 3 rings (SSSR count). The Hall–Kier alpha value is -3.05. The Bertz CT molecular complexity index is 1040. The molecule has 3 aromatic rings. The van der Waals surface area contributed by atoms with Gasteiger partial charge in [0.05, 0.1) is 10.5 Å². The van der Waals surface area contributed by atoms with Crippen LogP contribution in [0, 0.1) is 5.82 Å². The minimum atomic E-state index is -0.308. The molecule has 0 atom stereocenters. The third kappa shape index (κ3) is 3.34. The Morgan fingerprint density at radius 2 is 2.04 bits per heavy atom. The van der Waals surface area contributed by atoms with E-state index in [0.717, 1.165) is 16.5 Å². The van der Waals surface area contributed by atoms with Crippen LogP contribution in [-0.2, 0) is 0 Å². The first-order valence-corrected chi connectivity index (χ1v) is 8.19. The number of aliphatic imine (C=N–C) groups is 1. The Balaban J connectivity index is 2.27. The van der Waals surface area contributed by atoms with Crippen molar-refractivity contribution in [2.45, 2.75) is 0 Å². The molecule has 0 saturated carbocycles. The number of allylic oxidation sites excluding steroid dienone is 2. The fraction of sp³-hybridized carbons (Fsp3) is 0.0500. The number of fused-ring (bicyclic) bond motifs is 1. The number of anilines is 1. The van der Waals surface area contributed by atoms with Crippen LogP contribution < -0.4 is 5.32 Å². The van der Waals surface area contributed by atoms with E-state index in [-0.39, 0.29) is 5.82 Å². The number of nitrogens with zero attached hydrogens (tertiary/aromatic N) is 3. The molecule has 0 radical (unpaired) electrons. The molecular weight excluding hydrogens is 351 g/mol. The summed E-state index contributed by atoms with van der Waals surface area (Å²) in [4.78, 5) is 12.8. The van der Waals surface area contributed by atoms with Crippen molar-refractivity contribution in [2.75, 3.05) is 12.4 Å². The quantitative estimate of drug-likeness (QED) is 0.488. The zero-order valence-corrected chi connectivity index (χ0v) is 14.9. The lowest BCUT2D eigenvalue weighted by Gasteiger charge is -2.12. The SMILES string of the molecule is C=C/C(=C\N=C)c1nc(NC)c2cc(-c3cccc(F)c3)cc(Cl)c2n1. The molecule has 0 saturated heterocycles. The maximum absolute atomic E-state index is 13.6. The standard InChI is InChI=1S/C20H16ClFN4/c1-4-12(11-23-2)19-25-18-16(20(24-3)26-19)9-14(10-17(18)21)13-6-5-7-15(22)8-13/h4-11H,1-2H2,3H3,(H,24,25,26)/b12-11+. The molecule has 0 amide bonds. The lowest BCUT2D eigenvalue weighted by Crippen LogP contribution is -2.01. The molecular formula is C20H16ClFN4. The second-order valence-corrected chi connectivity index (χ2v) is 5.89. The maximum atomic E-state index is 13.6. The minimum absolute atomic E-state index is 0.308. The summed E-state index contributed by atoms with van der Waals surface area (Å²) >= 11 is 6.48. The van der Waals surface area contributed by atoms with E-state index >= 15 is 0 Å². The molecule has 2 aromatic carbocycles. The van der Waals surface area contributed by atoms with E-state index in [4.69, 9.17) is 11.6 Å². The third-order valence-electron chi connectivity index (χ3n) is 3.86. The van der Waals surface area contributed by atoms with E-state index in [1.165, 1.54) is 18.3 Å². The second-order valence-electron chi connectivity index (χ2n) is 5.48. The van der Waals surface area contributed by atoms with Gasteiger partial charge < -0.3 is 5.32 Å². The monoisotopic (exact) mass is 366 g/mol. The van der Waals surface area contributed by atoms with Crippen molar-refractivity contribution in [3.05, 3.63) is 71.9 Å². The molecule has 1 aromatic heterocycles.